The molecule has 0 fully saturated rings. The normalized spacial score (nSPS) is 15.0. The fraction of sp³-hybridized carbons (Fsp3) is 0.286. The quantitative estimate of drug-likeness (QED) is 0.770. The van der Waals surface area contributed by atoms with E-state index in [0.717, 1.165) is 21.4 Å². The summed E-state index contributed by atoms with van der Waals surface area (Å²) in [5, 5.41) is 0. The van der Waals surface area contributed by atoms with Gasteiger partial charge in [0.25, 0.3) is 18.2 Å². The molecule has 1 aromatic rings. The fourth-order valence-electron chi connectivity index (χ4n) is 1.99. The van der Waals surface area contributed by atoms with Crippen molar-refractivity contribution in [2.75, 3.05) is 13.6 Å². The third-order valence-corrected chi connectivity index (χ3v) is 3.00. The molecule has 0 atom stereocenters. The first-order valence-electron chi connectivity index (χ1n) is 6.10. The Balaban J connectivity index is 2.09. The van der Waals surface area contributed by atoms with E-state index >= 15 is 0 Å². The first-order valence-corrected chi connectivity index (χ1v) is 6.10. The molecule has 2 amide bonds. The minimum absolute atomic E-state index is 0.00577. The molecule has 0 radical (unpaired) electrons. The Labute approximate surface area is 115 Å². The maximum Gasteiger partial charge on any atom is 0.277 e. The molecular weight excluding hydrogens is 266 g/mol. The lowest BCUT2D eigenvalue weighted by atomic mass is 10.2. The number of carbonyl (C=O) groups excluding carboxylic acids is 2. The van der Waals surface area contributed by atoms with E-state index in [1.54, 1.807) is 24.3 Å². The molecule has 0 aromatic heterocycles. The van der Waals surface area contributed by atoms with Gasteiger partial charge in [0.1, 0.15) is 5.70 Å². The molecule has 0 unspecified atom stereocenters. The molecule has 6 heteroatoms. The number of hydrogen-bond donors (Lipinski definition) is 0. The summed E-state index contributed by atoms with van der Waals surface area (Å²) in [6, 6.07) is 9.02. The van der Waals surface area contributed by atoms with Crippen molar-refractivity contribution in [3.8, 4) is 0 Å². The summed E-state index contributed by atoms with van der Waals surface area (Å²) in [4.78, 5) is 26.1. The van der Waals surface area contributed by atoms with Gasteiger partial charge in [-0.05, 0) is 5.56 Å². The molecule has 0 bridgehead atoms. The van der Waals surface area contributed by atoms with Crippen molar-refractivity contribution in [2.24, 2.45) is 0 Å². The van der Waals surface area contributed by atoms with E-state index in [0.29, 0.717) is 0 Å². The molecule has 1 aromatic carbocycles. The second-order valence-corrected chi connectivity index (χ2v) is 4.52. The second kappa shape index (κ2) is 5.81. The van der Waals surface area contributed by atoms with Crippen LogP contribution in [0.4, 0.5) is 8.78 Å². The van der Waals surface area contributed by atoms with Gasteiger partial charge < -0.3 is 4.90 Å². The molecule has 0 spiro atoms. The molecule has 20 heavy (non-hydrogen) atoms. The number of hydrogen-bond acceptors (Lipinski definition) is 3. The van der Waals surface area contributed by atoms with E-state index in [-0.39, 0.29) is 12.2 Å². The third-order valence-electron chi connectivity index (χ3n) is 3.00. The van der Waals surface area contributed by atoms with Gasteiger partial charge >= 0.3 is 0 Å². The Morgan fingerprint density at radius 2 is 1.85 bits per heavy atom. The van der Waals surface area contributed by atoms with Crippen molar-refractivity contribution in [2.45, 2.75) is 13.0 Å². The number of likely N-dealkylation sites (N-methyl/N-ethyl adjacent to an activating group) is 1. The summed E-state index contributed by atoms with van der Waals surface area (Å²) >= 11 is 0. The number of benzene rings is 1. The summed E-state index contributed by atoms with van der Waals surface area (Å²) in [6.45, 7) is -0.439. The first-order chi connectivity index (χ1) is 9.49. The van der Waals surface area contributed by atoms with Gasteiger partial charge in [0.15, 0.2) is 0 Å². The Kier molecular flexibility index (Phi) is 4.12. The van der Waals surface area contributed by atoms with Gasteiger partial charge in [0.05, 0.1) is 13.1 Å². The van der Waals surface area contributed by atoms with Gasteiger partial charge in [0.2, 0.25) is 0 Å². The number of amides is 2. The van der Waals surface area contributed by atoms with Crippen LogP contribution in [0.2, 0.25) is 0 Å². The number of imide groups is 1. The van der Waals surface area contributed by atoms with Gasteiger partial charge in [-0.15, -0.1) is 0 Å². The van der Waals surface area contributed by atoms with Crippen LogP contribution in [0, 0.1) is 0 Å². The summed E-state index contributed by atoms with van der Waals surface area (Å²) < 4.78 is 24.7. The lowest BCUT2D eigenvalue weighted by molar-refractivity contribution is -0.138. The van der Waals surface area contributed by atoms with Gasteiger partial charge in [0, 0.05) is 13.1 Å². The standard InChI is InChI=1S/C14H14F2N2O2/c1-17(9-12(15)16)11-7-13(19)18(14(11)20)8-10-5-3-2-4-6-10/h2-7,12H,8-9H2,1H3. The number of nitrogens with zero attached hydrogens (tertiary/aromatic N) is 2. The van der Waals surface area contributed by atoms with Crippen molar-refractivity contribution in [3.05, 3.63) is 47.7 Å². The van der Waals surface area contributed by atoms with Crippen LogP contribution >= 0.6 is 0 Å². The molecule has 1 heterocycles. The summed E-state index contributed by atoms with van der Waals surface area (Å²) in [5.41, 5.74) is 0.812. The Hall–Kier alpha value is -2.24. The molecule has 0 saturated heterocycles. The summed E-state index contributed by atoms with van der Waals surface area (Å²) in [7, 11) is 1.37. The third kappa shape index (κ3) is 3.01. The molecule has 0 N–H and O–H groups in total. The summed E-state index contributed by atoms with van der Waals surface area (Å²) in [6.07, 6.45) is -1.46. The largest absolute Gasteiger partial charge is 0.364 e. The van der Waals surface area contributed by atoms with Crippen molar-refractivity contribution in [3.63, 3.8) is 0 Å². The van der Waals surface area contributed by atoms with Crippen LogP contribution in [0.25, 0.3) is 0 Å². The molecule has 0 saturated carbocycles. The molecule has 4 nitrogen and oxygen atoms in total. The van der Waals surface area contributed by atoms with Crippen molar-refractivity contribution >= 4 is 11.8 Å². The predicted octanol–water partition coefficient (Wildman–Crippen LogP) is 1.64. The van der Waals surface area contributed by atoms with Crippen LogP contribution in [0.1, 0.15) is 5.56 Å². The van der Waals surface area contributed by atoms with Gasteiger partial charge in [-0.2, -0.15) is 0 Å². The predicted molar refractivity (Wildman–Crippen MR) is 68.7 cm³/mol. The van der Waals surface area contributed by atoms with Gasteiger partial charge in [-0.1, -0.05) is 30.3 Å². The van der Waals surface area contributed by atoms with Crippen LogP contribution in [-0.2, 0) is 16.1 Å². The average Bonchev–Trinajstić information content (AvgIpc) is 2.67. The number of alkyl halides is 2. The van der Waals surface area contributed by atoms with E-state index in [9.17, 15) is 18.4 Å². The van der Waals surface area contributed by atoms with E-state index < -0.39 is 24.8 Å². The highest BCUT2D eigenvalue weighted by molar-refractivity contribution is 6.15. The average molecular weight is 280 g/mol. The SMILES string of the molecule is CN(CC(F)F)C1=CC(=O)N(Cc2ccccc2)C1=O. The number of rotatable bonds is 5. The monoisotopic (exact) mass is 280 g/mol. The highest BCUT2D eigenvalue weighted by Crippen LogP contribution is 2.19. The minimum atomic E-state index is -2.56. The molecule has 106 valence electrons. The van der Waals surface area contributed by atoms with Crippen LogP contribution in [0.3, 0.4) is 0 Å². The van der Waals surface area contributed by atoms with Gasteiger partial charge in [-0.25, -0.2) is 8.78 Å². The van der Waals surface area contributed by atoms with E-state index in [1.807, 2.05) is 6.07 Å². The lowest BCUT2D eigenvalue weighted by Crippen LogP contribution is -2.34. The lowest BCUT2D eigenvalue weighted by Gasteiger charge is -2.20. The summed E-state index contributed by atoms with van der Waals surface area (Å²) in [5.74, 6) is -1.02. The van der Waals surface area contributed by atoms with Crippen LogP contribution in [0.15, 0.2) is 42.1 Å². The van der Waals surface area contributed by atoms with E-state index in [4.69, 9.17) is 0 Å². The van der Waals surface area contributed by atoms with Gasteiger partial charge in [-0.3, -0.25) is 14.5 Å². The Bertz CT molecular complexity index is 543. The smallest absolute Gasteiger partial charge is 0.277 e. The second-order valence-electron chi connectivity index (χ2n) is 4.52. The molecule has 0 aliphatic carbocycles. The molecular formula is C14H14F2N2O2. The van der Waals surface area contributed by atoms with Crippen molar-refractivity contribution in [1.29, 1.82) is 0 Å². The minimum Gasteiger partial charge on any atom is -0.364 e. The maximum atomic E-state index is 12.3. The Morgan fingerprint density at radius 3 is 2.45 bits per heavy atom. The molecule has 1 aliphatic rings. The van der Waals surface area contributed by atoms with Crippen LogP contribution in [-0.4, -0.2) is 41.6 Å². The van der Waals surface area contributed by atoms with Crippen LogP contribution < -0.4 is 0 Å². The van der Waals surface area contributed by atoms with Crippen LogP contribution in [0.5, 0.6) is 0 Å². The zero-order valence-corrected chi connectivity index (χ0v) is 10.9. The zero-order valence-electron chi connectivity index (χ0n) is 10.9. The number of carbonyl (C=O) groups is 2. The number of halogens is 2. The fourth-order valence-corrected chi connectivity index (χ4v) is 1.99. The topological polar surface area (TPSA) is 40.6 Å². The maximum absolute atomic E-state index is 12.3. The Morgan fingerprint density at radius 1 is 1.20 bits per heavy atom. The molecule has 2 rings (SSSR count). The van der Waals surface area contributed by atoms with Crippen molar-refractivity contribution < 1.29 is 18.4 Å². The molecule has 1 aliphatic heterocycles. The van der Waals surface area contributed by atoms with Crippen molar-refractivity contribution in [1.82, 2.24) is 9.80 Å². The van der Waals surface area contributed by atoms with E-state index in [1.165, 1.54) is 7.05 Å². The highest BCUT2D eigenvalue weighted by atomic mass is 19.3. The zero-order chi connectivity index (χ0) is 14.7. The first kappa shape index (κ1) is 14.2. The van der Waals surface area contributed by atoms with E-state index in [2.05, 4.69) is 0 Å². The highest BCUT2D eigenvalue weighted by Gasteiger charge is 2.33.